The molecule has 3 atom stereocenters. The second-order valence-corrected chi connectivity index (χ2v) is 8.10. The summed E-state index contributed by atoms with van der Waals surface area (Å²) in [7, 11) is 0. The Labute approximate surface area is 189 Å². The quantitative estimate of drug-likeness (QED) is 0.678. The van der Waals surface area contributed by atoms with Crippen LogP contribution >= 0.6 is 13.5 Å². The van der Waals surface area contributed by atoms with Crippen LogP contribution in [0.1, 0.15) is 66.7 Å². The van der Waals surface area contributed by atoms with Crippen LogP contribution < -0.4 is 5.32 Å². The van der Waals surface area contributed by atoms with E-state index in [4.69, 9.17) is 9.47 Å². The third kappa shape index (κ3) is 7.85. The molecule has 3 fully saturated rings. The van der Waals surface area contributed by atoms with E-state index in [1.54, 1.807) is 11.8 Å². The fourth-order valence-electron chi connectivity index (χ4n) is 4.39. The van der Waals surface area contributed by atoms with Crippen molar-refractivity contribution in [2.75, 3.05) is 32.9 Å². The Morgan fingerprint density at radius 1 is 1.13 bits per heavy atom. The summed E-state index contributed by atoms with van der Waals surface area (Å²) < 4.78 is 10.6. The van der Waals surface area contributed by atoms with Crippen LogP contribution in [-0.2, 0) is 23.9 Å². The number of ether oxygens (including phenoxy) is 2. The van der Waals surface area contributed by atoms with E-state index in [1.807, 2.05) is 0 Å². The summed E-state index contributed by atoms with van der Waals surface area (Å²) in [5.74, 6) is -0.162. The molecule has 0 radical (unpaired) electrons. The zero-order chi connectivity index (χ0) is 19.2. The van der Waals surface area contributed by atoms with Crippen molar-refractivity contribution in [3.05, 3.63) is 0 Å². The molecular weight excluding hydrogens is 404 g/mol. The molecule has 2 saturated heterocycles. The lowest BCUT2D eigenvalue weighted by atomic mass is 9.81. The van der Waals surface area contributed by atoms with E-state index >= 15 is 0 Å². The van der Waals surface area contributed by atoms with Gasteiger partial charge in [-0.05, 0) is 19.3 Å². The van der Waals surface area contributed by atoms with E-state index in [0.717, 1.165) is 19.3 Å². The van der Waals surface area contributed by atoms with E-state index in [-0.39, 0.29) is 71.0 Å². The van der Waals surface area contributed by atoms with Crippen LogP contribution in [0, 0.1) is 11.8 Å². The number of carbonyl (C=O) groups excluding carboxylic acids is 3. The SMILES string of the molecule is C.C.C[C@H]1OCC(=O)[C@H]1NC(=O)[C@@H](CC(=O)N1CCOCC1)CC1CCCCC1.S. The molecule has 2 heterocycles. The largest absolute Gasteiger partial charge is 0.378 e. The molecule has 0 aromatic rings. The summed E-state index contributed by atoms with van der Waals surface area (Å²) in [6.45, 7) is 4.12. The van der Waals surface area contributed by atoms with Crippen molar-refractivity contribution in [3.8, 4) is 0 Å². The fourth-order valence-corrected chi connectivity index (χ4v) is 4.39. The minimum atomic E-state index is -0.593. The third-order valence-corrected chi connectivity index (χ3v) is 6.10. The molecule has 1 aliphatic carbocycles. The van der Waals surface area contributed by atoms with Crippen molar-refractivity contribution < 1.29 is 23.9 Å². The highest BCUT2D eigenvalue weighted by molar-refractivity contribution is 7.59. The van der Waals surface area contributed by atoms with Crippen LogP contribution in [-0.4, -0.2) is 67.6 Å². The summed E-state index contributed by atoms with van der Waals surface area (Å²) in [6, 6.07) is -0.593. The Bertz CT molecular complexity index is 548. The molecule has 2 aliphatic heterocycles. The van der Waals surface area contributed by atoms with E-state index in [9.17, 15) is 14.4 Å². The first-order valence-corrected chi connectivity index (χ1v) is 10.3. The number of morpholine rings is 1. The molecule has 7 nitrogen and oxygen atoms in total. The maximum absolute atomic E-state index is 13.0. The van der Waals surface area contributed by atoms with Crippen molar-refractivity contribution in [2.24, 2.45) is 11.8 Å². The normalized spacial score (nSPS) is 25.4. The number of hydrogen-bond donors (Lipinski definition) is 1. The Morgan fingerprint density at radius 2 is 1.77 bits per heavy atom. The predicted molar refractivity (Wildman–Crippen MR) is 123 cm³/mol. The number of nitrogens with one attached hydrogen (secondary N) is 1. The molecular formula is C22H42N2O5S. The van der Waals surface area contributed by atoms with Crippen molar-refractivity contribution in [1.82, 2.24) is 10.2 Å². The van der Waals surface area contributed by atoms with Gasteiger partial charge in [0.15, 0.2) is 5.78 Å². The maximum atomic E-state index is 13.0. The highest BCUT2D eigenvalue weighted by atomic mass is 32.1. The van der Waals surface area contributed by atoms with Crippen molar-refractivity contribution in [3.63, 3.8) is 0 Å². The van der Waals surface area contributed by atoms with Gasteiger partial charge in [-0.15, -0.1) is 0 Å². The van der Waals surface area contributed by atoms with Crippen LogP contribution in [0.4, 0.5) is 0 Å². The van der Waals surface area contributed by atoms with Gasteiger partial charge in [0, 0.05) is 25.4 Å². The third-order valence-electron chi connectivity index (χ3n) is 6.10. The molecule has 3 aliphatic rings. The number of nitrogens with zero attached hydrogens (tertiary/aromatic N) is 1. The summed E-state index contributed by atoms with van der Waals surface area (Å²) in [6.07, 6.45) is 6.51. The molecule has 30 heavy (non-hydrogen) atoms. The molecule has 0 aromatic heterocycles. The minimum Gasteiger partial charge on any atom is -0.378 e. The minimum absolute atomic E-state index is 0. The Hall–Kier alpha value is -1.12. The van der Waals surface area contributed by atoms with Gasteiger partial charge in [0.25, 0.3) is 0 Å². The van der Waals surface area contributed by atoms with E-state index < -0.39 is 6.04 Å². The van der Waals surface area contributed by atoms with Gasteiger partial charge in [-0.25, -0.2) is 0 Å². The first kappa shape index (κ1) is 28.9. The highest BCUT2D eigenvalue weighted by Crippen LogP contribution is 2.31. The molecule has 2 amide bonds. The number of amides is 2. The average Bonchev–Trinajstić information content (AvgIpc) is 3.01. The molecule has 0 spiro atoms. The number of rotatable bonds is 6. The standard InChI is InChI=1S/C20H32N2O5.2CH4.H2S/c1-14-19(17(23)13-27-14)21-20(25)16(11-15-5-3-2-4-6-15)12-18(24)22-7-9-26-10-8-22;;;/h14-16,19H,2-13H2,1H3,(H,21,25);2*1H4;1H2/t14-,16-,19+;;;/m1.../s1. The van der Waals surface area contributed by atoms with Crippen molar-refractivity contribution in [2.45, 2.75) is 78.9 Å². The lowest BCUT2D eigenvalue weighted by molar-refractivity contribution is -0.140. The summed E-state index contributed by atoms with van der Waals surface area (Å²) in [5.41, 5.74) is 0. The second-order valence-electron chi connectivity index (χ2n) is 8.10. The fraction of sp³-hybridized carbons (Fsp3) is 0.864. The second kappa shape index (κ2) is 14.0. The first-order chi connectivity index (χ1) is 13.0. The van der Waals surface area contributed by atoms with Crippen LogP contribution in [0.2, 0.25) is 0 Å². The monoisotopic (exact) mass is 446 g/mol. The summed E-state index contributed by atoms with van der Waals surface area (Å²) in [5, 5.41) is 2.87. The van der Waals surface area contributed by atoms with Crippen LogP contribution in [0.25, 0.3) is 0 Å². The van der Waals surface area contributed by atoms with Gasteiger partial charge in [0.1, 0.15) is 12.6 Å². The summed E-state index contributed by atoms with van der Waals surface area (Å²) >= 11 is 0. The Balaban J connectivity index is 0.00000280. The van der Waals surface area contributed by atoms with Crippen LogP contribution in [0.3, 0.4) is 0 Å². The Kier molecular flexibility index (Phi) is 13.5. The molecule has 3 rings (SSSR count). The lowest BCUT2D eigenvalue weighted by Crippen LogP contribution is -2.48. The topological polar surface area (TPSA) is 84.9 Å². The number of hydrogen-bond acceptors (Lipinski definition) is 5. The van der Waals surface area contributed by atoms with Crippen LogP contribution in [0.5, 0.6) is 0 Å². The van der Waals surface area contributed by atoms with Crippen molar-refractivity contribution in [1.29, 1.82) is 0 Å². The van der Waals surface area contributed by atoms with Gasteiger partial charge >= 0.3 is 0 Å². The van der Waals surface area contributed by atoms with Gasteiger partial charge in [-0.3, -0.25) is 14.4 Å². The molecule has 1 saturated carbocycles. The van der Waals surface area contributed by atoms with Gasteiger partial charge in [-0.2, -0.15) is 13.5 Å². The smallest absolute Gasteiger partial charge is 0.224 e. The zero-order valence-electron chi connectivity index (χ0n) is 16.8. The molecule has 0 unspecified atom stereocenters. The molecule has 1 N–H and O–H groups in total. The summed E-state index contributed by atoms with van der Waals surface area (Å²) in [4.78, 5) is 39.4. The molecule has 0 bridgehead atoms. The van der Waals surface area contributed by atoms with E-state index in [2.05, 4.69) is 5.32 Å². The van der Waals surface area contributed by atoms with Gasteiger partial charge < -0.3 is 19.7 Å². The Morgan fingerprint density at radius 3 is 2.33 bits per heavy atom. The zero-order valence-corrected chi connectivity index (χ0v) is 17.8. The van der Waals surface area contributed by atoms with E-state index in [0.29, 0.717) is 32.2 Å². The number of carbonyl (C=O) groups is 3. The molecule has 0 aromatic carbocycles. The van der Waals surface area contributed by atoms with Gasteiger partial charge in [-0.1, -0.05) is 47.0 Å². The predicted octanol–water partition coefficient (Wildman–Crippen LogP) is 2.68. The van der Waals surface area contributed by atoms with Gasteiger partial charge in [0.05, 0.1) is 19.3 Å². The van der Waals surface area contributed by atoms with Gasteiger partial charge in [0.2, 0.25) is 11.8 Å². The lowest BCUT2D eigenvalue weighted by Gasteiger charge is -2.30. The maximum Gasteiger partial charge on any atom is 0.224 e. The van der Waals surface area contributed by atoms with E-state index in [1.165, 1.54) is 19.3 Å². The van der Waals surface area contributed by atoms with Crippen molar-refractivity contribution >= 4 is 31.1 Å². The molecule has 176 valence electrons. The number of ketones is 1. The van der Waals surface area contributed by atoms with Crippen LogP contribution in [0.15, 0.2) is 0 Å². The average molecular weight is 447 g/mol. The highest BCUT2D eigenvalue weighted by Gasteiger charge is 2.36. The first-order valence-electron chi connectivity index (χ1n) is 10.3. The molecule has 8 heteroatoms. The number of Topliss-reactive ketones (excluding diaryl/α,β-unsaturated/α-hetero) is 1.